The third-order valence-electron chi connectivity index (χ3n) is 3.28. The fourth-order valence-electron chi connectivity index (χ4n) is 2.18. The van der Waals surface area contributed by atoms with Gasteiger partial charge in [0.15, 0.2) is 17.5 Å². The molecule has 3 rings (SSSR count). The first-order valence-electron chi connectivity index (χ1n) is 6.54. The van der Waals surface area contributed by atoms with E-state index in [4.69, 9.17) is 4.52 Å². The molecule has 0 saturated carbocycles. The van der Waals surface area contributed by atoms with Crippen LogP contribution in [0.4, 0.5) is 13.2 Å². The van der Waals surface area contributed by atoms with Gasteiger partial charge in [-0.1, -0.05) is 5.16 Å². The number of nitrogens with zero attached hydrogens (tertiary/aromatic N) is 3. The zero-order valence-electron chi connectivity index (χ0n) is 11.9. The highest BCUT2D eigenvalue weighted by Gasteiger charge is 2.17. The van der Waals surface area contributed by atoms with E-state index in [1.54, 1.807) is 0 Å². The van der Waals surface area contributed by atoms with Gasteiger partial charge in [0, 0.05) is 31.7 Å². The molecule has 2 aromatic rings. The van der Waals surface area contributed by atoms with Gasteiger partial charge in [-0.2, -0.15) is 4.98 Å². The van der Waals surface area contributed by atoms with Gasteiger partial charge in [-0.25, -0.2) is 13.2 Å². The van der Waals surface area contributed by atoms with Crippen molar-refractivity contribution < 1.29 is 17.7 Å². The van der Waals surface area contributed by atoms with Crippen LogP contribution in [-0.4, -0.2) is 41.2 Å². The summed E-state index contributed by atoms with van der Waals surface area (Å²) in [6, 6.07) is 1.69. The minimum atomic E-state index is -1.51. The van der Waals surface area contributed by atoms with E-state index in [1.165, 1.54) is 0 Å². The maximum absolute atomic E-state index is 13.2. The second-order valence-corrected chi connectivity index (χ2v) is 4.79. The molecule has 0 unspecified atom stereocenters. The summed E-state index contributed by atoms with van der Waals surface area (Å²) in [6.07, 6.45) is 0. The van der Waals surface area contributed by atoms with E-state index in [2.05, 4.69) is 20.4 Å². The normalized spacial score (nSPS) is 14.9. The predicted molar refractivity (Wildman–Crippen MR) is 82.3 cm³/mol. The van der Waals surface area contributed by atoms with E-state index in [0.717, 1.165) is 38.3 Å². The lowest BCUT2D eigenvalue weighted by atomic mass is 10.2. The molecule has 128 valence electrons. The molecule has 0 aliphatic carbocycles. The molecule has 1 fully saturated rings. The molecule has 1 aliphatic heterocycles. The molecule has 0 bridgehead atoms. The van der Waals surface area contributed by atoms with Crippen molar-refractivity contribution in [2.75, 3.05) is 26.2 Å². The Labute approximate surface area is 143 Å². The Bertz CT molecular complexity index is 627. The van der Waals surface area contributed by atoms with Gasteiger partial charge in [0.2, 0.25) is 11.7 Å². The molecule has 5 nitrogen and oxygen atoms in total. The number of benzene rings is 1. The molecule has 0 radical (unpaired) electrons. The van der Waals surface area contributed by atoms with Gasteiger partial charge in [0.05, 0.1) is 6.54 Å². The Kier molecular flexibility index (Phi) is 7.27. The fraction of sp³-hybridized carbons (Fsp3) is 0.385. The van der Waals surface area contributed by atoms with Crippen molar-refractivity contribution in [3.63, 3.8) is 0 Å². The van der Waals surface area contributed by atoms with E-state index in [-0.39, 0.29) is 36.2 Å². The van der Waals surface area contributed by atoms with Gasteiger partial charge in [0.25, 0.3) is 0 Å². The molecule has 2 heterocycles. The maximum atomic E-state index is 13.2. The molecule has 0 spiro atoms. The largest absolute Gasteiger partial charge is 0.338 e. The SMILES string of the molecule is Cl.Cl.Fc1cc(-c2noc(CN3CCNCC3)n2)cc(F)c1F. The molecular formula is C13H15Cl2F3N4O. The number of halogens is 5. The summed E-state index contributed by atoms with van der Waals surface area (Å²) < 4.78 is 44.4. The highest BCUT2D eigenvalue weighted by atomic mass is 35.5. The second-order valence-electron chi connectivity index (χ2n) is 4.79. The highest BCUT2D eigenvalue weighted by molar-refractivity contribution is 5.85. The Balaban J connectivity index is 0.00000132. The number of hydrogen-bond donors (Lipinski definition) is 1. The van der Waals surface area contributed by atoms with Crippen LogP contribution in [0, 0.1) is 17.5 Å². The number of hydrogen-bond acceptors (Lipinski definition) is 5. The topological polar surface area (TPSA) is 54.2 Å². The first-order chi connectivity index (χ1) is 10.1. The Morgan fingerprint density at radius 3 is 2.30 bits per heavy atom. The first-order valence-corrected chi connectivity index (χ1v) is 6.54. The van der Waals surface area contributed by atoms with Crippen LogP contribution in [0.5, 0.6) is 0 Å². The monoisotopic (exact) mass is 370 g/mol. The number of rotatable bonds is 3. The van der Waals surface area contributed by atoms with Gasteiger partial charge in [-0.3, -0.25) is 4.90 Å². The standard InChI is InChI=1S/C13H13F3N4O.2ClH/c14-9-5-8(6-10(15)12(9)16)13-18-11(21-19-13)7-20-3-1-17-2-4-20;;/h5-6,17H,1-4,7H2;2*1H. The van der Waals surface area contributed by atoms with Gasteiger partial charge in [0.1, 0.15) is 0 Å². The minimum absolute atomic E-state index is 0. The van der Waals surface area contributed by atoms with E-state index in [1.807, 2.05) is 0 Å². The Morgan fingerprint density at radius 1 is 1.09 bits per heavy atom. The average molecular weight is 371 g/mol. The first kappa shape index (κ1) is 19.7. The summed E-state index contributed by atoms with van der Waals surface area (Å²) in [5.74, 6) is -3.67. The number of nitrogens with one attached hydrogen (secondary N) is 1. The van der Waals surface area contributed by atoms with Gasteiger partial charge < -0.3 is 9.84 Å². The van der Waals surface area contributed by atoms with Crippen LogP contribution in [0.2, 0.25) is 0 Å². The van der Waals surface area contributed by atoms with Crippen molar-refractivity contribution in [1.82, 2.24) is 20.4 Å². The van der Waals surface area contributed by atoms with Crippen LogP contribution in [0.3, 0.4) is 0 Å². The van der Waals surface area contributed by atoms with Gasteiger partial charge in [-0.15, -0.1) is 24.8 Å². The summed E-state index contributed by atoms with van der Waals surface area (Å²) >= 11 is 0. The predicted octanol–water partition coefficient (Wildman–Crippen LogP) is 2.40. The van der Waals surface area contributed by atoms with E-state index in [0.29, 0.717) is 12.4 Å². The minimum Gasteiger partial charge on any atom is -0.338 e. The van der Waals surface area contributed by atoms with Crippen molar-refractivity contribution in [3.8, 4) is 11.4 Å². The van der Waals surface area contributed by atoms with Crippen LogP contribution in [0.1, 0.15) is 5.89 Å². The molecular weight excluding hydrogens is 356 g/mol. The summed E-state index contributed by atoms with van der Waals surface area (Å²) in [5.41, 5.74) is 0.0433. The number of aromatic nitrogens is 2. The van der Waals surface area contributed by atoms with Crippen LogP contribution < -0.4 is 5.32 Å². The lowest BCUT2D eigenvalue weighted by Gasteiger charge is -2.25. The summed E-state index contributed by atoms with van der Waals surface area (Å²) in [4.78, 5) is 6.22. The van der Waals surface area contributed by atoms with Gasteiger partial charge >= 0.3 is 0 Å². The summed E-state index contributed by atoms with van der Waals surface area (Å²) in [5, 5.41) is 6.90. The molecule has 1 N–H and O–H groups in total. The van der Waals surface area contributed by atoms with Crippen LogP contribution in [-0.2, 0) is 6.54 Å². The molecule has 23 heavy (non-hydrogen) atoms. The van der Waals surface area contributed by atoms with E-state index in [9.17, 15) is 13.2 Å². The van der Waals surface area contributed by atoms with E-state index >= 15 is 0 Å². The molecule has 1 saturated heterocycles. The highest BCUT2D eigenvalue weighted by Crippen LogP contribution is 2.21. The maximum Gasteiger partial charge on any atom is 0.241 e. The summed E-state index contributed by atoms with van der Waals surface area (Å²) in [7, 11) is 0. The van der Waals surface area contributed by atoms with Crippen LogP contribution in [0.25, 0.3) is 11.4 Å². The zero-order valence-corrected chi connectivity index (χ0v) is 13.5. The van der Waals surface area contributed by atoms with Crippen LogP contribution in [0.15, 0.2) is 16.7 Å². The summed E-state index contributed by atoms with van der Waals surface area (Å²) in [6.45, 7) is 3.96. The van der Waals surface area contributed by atoms with Crippen molar-refractivity contribution in [2.24, 2.45) is 0 Å². The molecule has 1 aromatic carbocycles. The average Bonchev–Trinajstić information content (AvgIpc) is 2.94. The van der Waals surface area contributed by atoms with Gasteiger partial charge in [-0.05, 0) is 12.1 Å². The van der Waals surface area contributed by atoms with Crippen molar-refractivity contribution in [1.29, 1.82) is 0 Å². The Morgan fingerprint density at radius 2 is 1.70 bits per heavy atom. The van der Waals surface area contributed by atoms with Crippen molar-refractivity contribution in [3.05, 3.63) is 35.5 Å². The van der Waals surface area contributed by atoms with Crippen molar-refractivity contribution in [2.45, 2.75) is 6.54 Å². The molecule has 0 atom stereocenters. The lowest BCUT2D eigenvalue weighted by molar-refractivity contribution is 0.203. The molecule has 10 heteroatoms. The van der Waals surface area contributed by atoms with E-state index < -0.39 is 17.5 Å². The second kappa shape index (κ2) is 8.49. The number of piperazine rings is 1. The molecule has 0 amide bonds. The Hall–Kier alpha value is -1.35. The molecule has 1 aliphatic rings. The van der Waals surface area contributed by atoms with Crippen molar-refractivity contribution >= 4 is 24.8 Å². The molecule has 1 aromatic heterocycles. The third kappa shape index (κ3) is 4.57. The zero-order chi connectivity index (χ0) is 14.8. The lowest BCUT2D eigenvalue weighted by Crippen LogP contribution is -2.42. The fourth-order valence-corrected chi connectivity index (χ4v) is 2.18. The van der Waals surface area contributed by atoms with Crippen LogP contribution >= 0.6 is 24.8 Å². The quantitative estimate of drug-likeness (QED) is 0.840. The third-order valence-corrected chi connectivity index (χ3v) is 3.28. The smallest absolute Gasteiger partial charge is 0.241 e.